The number of aryl methyl sites for hydroxylation is 1. The molecule has 2 aromatic rings. The van der Waals surface area contributed by atoms with Crippen LogP contribution in [0.5, 0.6) is 0 Å². The van der Waals surface area contributed by atoms with Crippen LogP contribution in [0, 0.1) is 0 Å². The maximum absolute atomic E-state index is 12.9. The number of piperidine rings is 1. The molecule has 1 aliphatic rings. The van der Waals surface area contributed by atoms with Crippen molar-refractivity contribution in [2.24, 2.45) is 7.05 Å². The third kappa shape index (κ3) is 4.02. The van der Waals surface area contributed by atoms with Gasteiger partial charge in [0.2, 0.25) is 11.3 Å². The van der Waals surface area contributed by atoms with Crippen molar-refractivity contribution >= 4 is 33.4 Å². The molecular formula is C18H19BrN4O4. The highest BCUT2D eigenvalue weighted by molar-refractivity contribution is 9.10. The molecule has 1 fully saturated rings. The van der Waals surface area contributed by atoms with Gasteiger partial charge in [0.15, 0.2) is 0 Å². The zero-order valence-electron chi connectivity index (χ0n) is 14.7. The van der Waals surface area contributed by atoms with E-state index in [0.29, 0.717) is 17.4 Å². The molecule has 2 aromatic heterocycles. The predicted octanol–water partition coefficient (Wildman–Crippen LogP) is 1.47. The van der Waals surface area contributed by atoms with Gasteiger partial charge in [0, 0.05) is 43.8 Å². The summed E-state index contributed by atoms with van der Waals surface area (Å²) < 4.78 is 1.67. The fourth-order valence-corrected chi connectivity index (χ4v) is 3.41. The van der Waals surface area contributed by atoms with Gasteiger partial charge in [-0.25, -0.2) is 0 Å². The van der Waals surface area contributed by atoms with Crippen LogP contribution in [-0.4, -0.2) is 38.9 Å². The second kappa shape index (κ2) is 7.91. The van der Waals surface area contributed by atoms with Crippen molar-refractivity contribution in [3.63, 3.8) is 0 Å². The number of likely N-dealkylation sites (tertiary alicyclic amines) is 1. The van der Waals surface area contributed by atoms with Gasteiger partial charge >= 0.3 is 0 Å². The first-order chi connectivity index (χ1) is 12.9. The van der Waals surface area contributed by atoms with E-state index in [-0.39, 0.29) is 28.1 Å². The lowest BCUT2D eigenvalue weighted by molar-refractivity contribution is -0.121. The Labute approximate surface area is 163 Å². The quantitative estimate of drug-likeness (QED) is 0.762. The number of anilines is 1. The minimum atomic E-state index is -0.700. The van der Waals surface area contributed by atoms with Crippen molar-refractivity contribution < 1.29 is 9.59 Å². The summed E-state index contributed by atoms with van der Waals surface area (Å²) in [7, 11) is 1.60. The molecule has 0 saturated carbocycles. The second-order valence-corrected chi connectivity index (χ2v) is 7.26. The summed E-state index contributed by atoms with van der Waals surface area (Å²) in [5.41, 5.74) is -0.277. The fourth-order valence-electron chi connectivity index (χ4n) is 3.06. The summed E-state index contributed by atoms with van der Waals surface area (Å²) >= 11 is 3.12. The molecule has 3 rings (SSSR count). The number of halogens is 1. The van der Waals surface area contributed by atoms with Gasteiger partial charge in [-0.3, -0.25) is 19.2 Å². The molecule has 1 aliphatic heterocycles. The molecule has 0 bridgehead atoms. The largest absolute Gasteiger partial charge is 0.365 e. The highest BCUT2D eigenvalue weighted by Gasteiger charge is 2.33. The summed E-state index contributed by atoms with van der Waals surface area (Å²) in [6.07, 6.45) is 6.47. The number of carbonyl (C=O) groups is 2. The first-order valence-electron chi connectivity index (χ1n) is 8.53. The molecule has 0 radical (unpaired) electrons. The Morgan fingerprint density at radius 2 is 2.04 bits per heavy atom. The van der Waals surface area contributed by atoms with Gasteiger partial charge in [-0.05, 0) is 41.3 Å². The Kier molecular flexibility index (Phi) is 5.59. The number of aromatic nitrogens is 2. The lowest BCUT2D eigenvalue weighted by Crippen LogP contribution is -2.50. The molecule has 0 spiro atoms. The van der Waals surface area contributed by atoms with Crippen LogP contribution in [0.25, 0.3) is 0 Å². The van der Waals surface area contributed by atoms with Gasteiger partial charge in [-0.2, -0.15) is 0 Å². The van der Waals surface area contributed by atoms with Crippen LogP contribution < -0.4 is 16.3 Å². The second-order valence-electron chi connectivity index (χ2n) is 6.41. The third-order valence-electron chi connectivity index (χ3n) is 4.57. The van der Waals surface area contributed by atoms with Crippen LogP contribution in [0.3, 0.4) is 0 Å². The molecular weight excluding hydrogens is 416 g/mol. The van der Waals surface area contributed by atoms with Crippen LogP contribution in [0.4, 0.5) is 5.69 Å². The average molecular weight is 435 g/mol. The van der Waals surface area contributed by atoms with E-state index in [1.54, 1.807) is 13.1 Å². The van der Waals surface area contributed by atoms with Gasteiger partial charge in [-0.15, -0.1) is 0 Å². The van der Waals surface area contributed by atoms with E-state index >= 15 is 0 Å². The van der Waals surface area contributed by atoms with E-state index in [1.165, 1.54) is 34.1 Å². The lowest BCUT2D eigenvalue weighted by Gasteiger charge is -2.34. The Morgan fingerprint density at radius 3 is 2.78 bits per heavy atom. The van der Waals surface area contributed by atoms with Crippen molar-refractivity contribution in [1.82, 2.24) is 14.5 Å². The number of aromatic amines is 1. The monoisotopic (exact) mass is 434 g/mol. The molecule has 8 nitrogen and oxygen atoms in total. The molecule has 3 heterocycles. The van der Waals surface area contributed by atoms with E-state index in [9.17, 15) is 19.2 Å². The first kappa shape index (κ1) is 19.1. The summed E-state index contributed by atoms with van der Waals surface area (Å²) in [5, 5.41) is 2.61. The number of pyridine rings is 2. The summed E-state index contributed by atoms with van der Waals surface area (Å²) in [4.78, 5) is 53.8. The van der Waals surface area contributed by atoms with Gasteiger partial charge in [0.1, 0.15) is 11.7 Å². The standard InChI is InChI=1S/C18H19BrN4O4/c1-22-7-5-11(8-15(22)24)18(27)23-6-3-2-4-14(23)17(26)21-13-10-20-9-12(19)16(13)25/h5,7-10,14H,2-4,6H2,1H3,(H,20,25)(H,21,26). The Morgan fingerprint density at radius 1 is 1.26 bits per heavy atom. The fraction of sp³-hybridized carbons (Fsp3) is 0.333. The Balaban J connectivity index is 1.84. The van der Waals surface area contributed by atoms with E-state index in [2.05, 4.69) is 26.2 Å². The van der Waals surface area contributed by atoms with Gasteiger partial charge in [0.05, 0.1) is 4.47 Å². The van der Waals surface area contributed by atoms with Crippen molar-refractivity contribution in [3.8, 4) is 0 Å². The number of amides is 2. The molecule has 1 atom stereocenters. The van der Waals surface area contributed by atoms with Crippen molar-refractivity contribution in [2.45, 2.75) is 25.3 Å². The maximum atomic E-state index is 12.9. The molecule has 2 N–H and O–H groups in total. The van der Waals surface area contributed by atoms with Crippen LogP contribution in [0.2, 0.25) is 0 Å². The van der Waals surface area contributed by atoms with Crippen LogP contribution >= 0.6 is 15.9 Å². The summed E-state index contributed by atoms with van der Waals surface area (Å²) in [6.45, 7) is 0.418. The number of hydrogen-bond donors (Lipinski definition) is 2. The van der Waals surface area contributed by atoms with Crippen molar-refractivity contribution in [3.05, 3.63) is 61.3 Å². The van der Waals surface area contributed by atoms with Crippen LogP contribution in [0.1, 0.15) is 29.6 Å². The molecule has 1 unspecified atom stereocenters. The van der Waals surface area contributed by atoms with Gasteiger partial charge in [0.25, 0.3) is 11.5 Å². The predicted molar refractivity (Wildman–Crippen MR) is 104 cm³/mol. The normalized spacial score (nSPS) is 16.8. The van der Waals surface area contributed by atoms with E-state index in [0.717, 1.165) is 12.8 Å². The van der Waals surface area contributed by atoms with E-state index < -0.39 is 11.9 Å². The zero-order valence-corrected chi connectivity index (χ0v) is 16.3. The van der Waals surface area contributed by atoms with E-state index in [1.807, 2.05) is 0 Å². The number of H-pyrrole nitrogens is 1. The van der Waals surface area contributed by atoms with Gasteiger partial charge < -0.3 is 19.8 Å². The third-order valence-corrected chi connectivity index (χ3v) is 5.16. The molecule has 2 amide bonds. The highest BCUT2D eigenvalue weighted by atomic mass is 79.9. The highest BCUT2D eigenvalue weighted by Crippen LogP contribution is 2.21. The van der Waals surface area contributed by atoms with Crippen molar-refractivity contribution in [1.29, 1.82) is 0 Å². The molecule has 0 aromatic carbocycles. The minimum Gasteiger partial charge on any atom is -0.365 e. The molecule has 1 saturated heterocycles. The Bertz CT molecular complexity index is 997. The lowest BCUT2D eigenvalue weighted by atomic mass is 10.00. The molecule has 0 aliphatic carbocycles. The molecule has 9 heteroatoms. The van der Waals surface area contributed by atoms with E-state index in [4.69, 9.17) is 0 Å². The number of hydrogen-bond acceptors (Lipinski definition) is 4. The maximum Gasteiger partial charge on any atom is 0.254 e. The van der Waals surface area contributed by atoms with Gasteiger partial charge in [-0.1, -0.05) is 0 Å². The van der Waals surface area contributed by atoms with Crippen LogP contribution in [-0.2, 0) is 11.8 Å². The SMILES string of the molecule is Cn1ccc(C(=O)N2CCCCC2C(=O)Nc2c[nH]cc(Br)c2=O)cc1=O. The number of carbonyl (C=O) groups excluding carboxylic acids is 2. The molecule has 142 valence electrons. The smallest absolute Gasteiger partial charge is 0.254 e. The number of nitrogens with zero attached hydrogens (tertiary/aromatic N) is 2. The first-order valence-corrected chi connectivity index (χ1v) is 9.33. The summed E-state index contributed by atoms with van der Waals surface area (Å²) in [6, 6.07) is 2.13. The minimum absolute atomic E-state index is 0.112. The average Bonchev–Trinajstić information content (AvgIpc) is 2.67. The number of rotatable bonds is 3. The number of nitrogens with one attached hydrogen (secondary N) is 2. The summed E-state index contributed by atoms with van der Waals surface area (Å²) in [5.74, 6) is -0.786. The zero-order chi connectivity index (χ0) is 19.6. The Hall–Kier alpha value is -2.68. The van der Waals surface area contributed by atoms with Crippen molar-refractivity contribution in [2.75, 3.05) is 11.9 Å². The molecule has 27 heavy (non-hydrogen) atoms. The topological polar surface area (TPSA) is 104 Å². The van der Waals surface area contributed by atoms with Crippen LogP contribution in [0.15, 0.2) is 44.8 Å².